The van der Waals surface area contributed by atoms with E-state index in [0.29, 0.717) is 18.7 Å². The number of carbonyl (C=O) groups is 2. The van der Waals surface area contributed by atoms with E-state index in [0.717, 1.165) is 18.4 Å². The standard InChI is InChI=1S/C25H33FN2O3S/c1-5-18(4)28(24(29)13-17(2)3)15-25(30)27-11-9-23-21(10-12-32-23)22(27)16-31-20-8-6-7-19(26)14-20/h6-8,10,12,14,17-18,22H,5,9,11,13,15-16H2,1-4H3/t18-,22-/m1/s1. The quantitative estimate of drug-likeness (QED) is 0.525. The zero-order valence-corrected chi connectivity index (χ0v) is 20.2. The Labute approximate surface area is 194 Å². The molecule has 32 heavy (non-hydrogen) atoms. The minimum Gasteiger partial charge on any atom is -0.491 e. The Hall–Kier alpha value is -2.41. The zero-order valence-electron chi connectivity index (χ0n) is 19.3. The van der Waals surface area contributed by atoms with E-state index in [1.165, 1.54) is 17.0 Å². The molecule has 2 heterocycles. The SMILES string of the molecule is CC[C@@H](C)N(CC(=O)N1CCc2sccc2[C@H]1COc1cccc(F)c1)C(=O)CC(C)C. The van der Waals surface area contributed by atoms with Crippen LogP contribution in [0, 0.1) is 11.7 Å². The summed E-state index contributed by atoms with van der Waals surface area (Å²) < 4.78 is 19.5. The lowest BCUT2D eigenvalue weighted by atomic mass is 10.00. The summed E-state index contributed by atoms with van der Waals surface area (Å²) in [6.45, 7) is 8.92. The molecule has 2 amide bonds. The van der Waals surface area contributed by atoms with E-state index in [2.05, 4.69) is 0 Å². The highest BCUT2D eigenvalue weighted by molar-refractivity contribution is 7.10. The molecular weight excluding hydrogens is 427 g/mol. The van der Waals surface area contributed by atoms with Crippen LogP contribution >= 0.6 is 11.3 Å². The Bertz CT molecular complexity index is 929. The topological polar surface area (TPSA) is 49.9 Å². The van der Waals surface area contributed by atoms with Gasteiger partial charge in [-0.25, -0.2) is 4.39 Å². The second-order valence-electron chi connectivity index (χ2n) is 8.80. The fraction of sp³-hybridized carbons (Fsp3) is 0.520. The van der Waals surface area contributed by atoms with Crippen molar-refractivity contribution >= 4 is 23.2 Å². The van der Waals surface area contributed by atoms with Crippen molar-refractivity contribution in [1.29, 1.82) is 0 Å². The first kappa shape index (κ1) is 24.2. The van der Waals surface area contributed by atoms with Gasteiger partial charge in [0.2, 0.25) is 11.8 Å². The van der Waals surface area contributed by atoms with Gasteiger partial charge in [0.15, 0.2) is 0 Å². The van der Waals surface area contributed by atoms with Crippen LogP contribution in [0.15, 0.2) is 35.7 Å². The Balaban J connectivity index is 1.78. The van der Waals surface area contributed by atoms with Gasteiger partial charge in [-0.2, -0.15) is 0 Å². The van der Waals surface area contributed by atoms with Crippen LogP contribution in [0.4, 0.5) is 4.39 Å². The summed E-state index contributed by atoms with van der Waals surface area (Å²) in [5.74, 6) is 0.256. The molecule has 0 fully saturated rings. The highest BCUT2D eigenvalue weighted by Crippen LogP contribution is 2.34. The van der Waals surface area contributed by atoms with Crippen LogP contribution in [0.1, 0.15) is 57.0 Å². The van der Waals surface area contributed by atoms with Gasteiger partial charge in [-0.05, 0) is 54.8 Å². The first-order valence-electron chi connectivity index (χ1n) is 11.3. The predicted molar refractivity (Wildman–Crippen MR) is 125 cm³/mol. The second kappa shape index (κ2) is 10.9. The molecule has 2 atom stereocenters. The number of halogens is 1. The van der Waals surface area contributed by atoms with E-state index in [-0.39, 0.29) is 48.8 Å². The van der Waals surface area contributed by atoms with Gasteiger partial charge in [0, 0.05) is 30.0 Å². The highest BCUT2D eigenvalue weighted by atomic mass is 32.1. The van der Waals surface area contributed by atoms with Gasteiger partial charge < -0.3 is 14.5 Å². The van der Waals surface area contributed by atoms with Crippen molar-refractivity contribution in [2.24, 2.45) is 5.92 Å². The van der Waals surface area contributed by atoms with Crippen molar-refractivity contribution in [2.75, 3.05) is 19.7 Å². The fourth-order valence-electron chi connectivity index (χ4n) is 4.02. The molecule has 1 aromatic carbocycles. The van der Waals surface area contributed by atoms with Gasteiger partial charge in [0.1, 0.15) is 24.7 Å². The number of hydrogen-bond donors (Lipinski definition) is 0. The van der Waals surface area contributed by atoms with E-state index >= 15 is 0 Å². The summed E-state index contributed by atoms with van der Waals surface area (Å²) in [7, 11) is 0. The lowest BCUT2D eigenvalue weighted by molar-refractivity contribution is -0.144. The first-order valence-corrected chi connectivity index (χ1v) is 12.2. The second-order valence-corrected chi connectivity index (χ2v) is 9.80. The Kier molecular flexibility index (Phi) is 8.29. The molecule has 1 aliphatic rings. The van der Waals surface area contributed by atoms with Crippen molar-refractivity contribution in [3.8, 4) is 5.75 Å². The van der Waals surface area contributed by atoms with Crippen LogP contribution in [-0.4, -0.2) is 47.4 Å². The van der Waals surface area contributed by atoms with Gasteiger partial charge in [-0.15, -0.1) is 11.3 Å². The smallest absolute Gasteiger partial charge is 0.242 e. The Morgan fingerprint density at radius 1 is 1.28 bits per heavy atom. The van der Waals surface area contributed by atoms with Gasteiger partial charge in [-0.3, -0.25) is 9.59 Å². The van der Waals surface area contributed by atoms with Crippen LogP contribution < -0.4 is 4.74 Å². The molecule has 0 radical (unpaired) electrons. The lowest BCUT2D eigenvalue weighted by Gasteiger charge is -2.38. The number of fused-ring (bicyclic) bond motifs is 1. The molecule has 7 heteroatoms. The third kappa shape index (κ3) is 5.88. The van der Waals surface area contributed by atoms with Crippen molar-refractivity contribution < 1.29 is 18.7 Å². The molecule has 0 spiro atoms. The van der Waals surface area contributed by atoms with Crippen LogP contribution in [-0.2, 0) is 16.0 Å². The molecule has 174 valence electrons. The van der Waals surface area contributed by atoms with Crippen molar-refractivity contribution in [3.63, 3.8) is 0 Å². The zero-order chi connectivity index (χ0) is 23.3. The maximum Gasteiger partial charge on any atom is 0.242 e. The summed E-state index contributed by atoms with van der Waals surface area (Å²) in [5.41, 5.74) is 1.08. The monoisotopic (exact) mass is 460 g/mol. The minimum absolute atomic E-state index is 0.00584. The molecule has 1 aromatic heterocycles. The molecule has 0 bridgehead atoms. The molecule has 0 saturated heterocycles. The number of carbonyl (C=O) groups excluding carboxylic acids is 2. The third-order valence-electron chi connectivity index (χ3n) is 5.95. The van der Waals surface area contributed by atoms with E-state index in [1.807, 2.05) is 44.0 Å². The van der Waals surface area contributed by atoms with Gasteiger partial charge in [-0.1, -0.05) is 26.8 Å². The summed E-state index contributed by atoms with van der Waals surface area (Å²) in [4.78, 5) is 31.1. The summed E-state index contributed by atoms with van der Waals surface area (Å²) in [6, 6.07) is 7.80. The molecule has 0 saturated carbocycles. The molecule has 3 rings (SSSR count). The van der Waals surface area contributed by atoms with Crippen LogP contribution in [0.25, 0.3) is 0 Å². The minimum atomic E-state index is -0.358. The average molecular weight is 461 g/mol. The molecule has 0 aliphatic carbocycles. The molecule has 1 aliphatic heterocycles. The number of hydrogen-bond acceptors (Lipinski definition) is 4. The summed E-state index contributed by atoms with van der Waals surface area (Å²) in [5, 5.41) is 2.03. The molecular formula is C25H33FN2O3S. The van der Waals surface area contributed by atoms with Gasteiger partial charge in [0.25, 0.3) is 0 Å². The average Bonchev–Trinajstić information content (AvgIpc) is 3.23. The van der Waals surface area contributed by atoms with Crippen molar-refractivity contribution in [3.05, 3.63) is 52.0 Å². The van der Waals surface area contributed by atoms with E-state index in [1.54, 1.807) is 28.4 Å². The molecule has 2 aromatic rings. The van der Waals surface area contributed by atoms with E-state index in [4.69, 9.17) is 4.74 Å². The lowest BCUT2D eigenvalue weighted by Crippen LogP contribution is -2.50. The van der Waals surface area contributed by atoms with Crippen LogP contribution in [0.5, 0.6) is 5.75 Å². The normalized spacial score (nSPS) is 16.6. The number of rotatable bonds is 9. The summed E-state index contributed by atoms with van der Waals surface area (Å²) >= 11 is 1.68. The highest BCUT2D eigenvalue weighted by Gasteiger charge is 2.34. The summed E-state index contributed by atoms with van der Waals surface area (Å²) in [6.07, 6.45) is 2.01. The van der Waals surface area contributed by atoms with Crippen molar-refractivity contribution in [2.45, 2.75) is 59.0 Å². The van der Waals surface area contributed by atoms with Gasteiger partial charge >= 0.3 is 0 Å². The largest absolute Gasteiger partial charge is 0.491 e. The predicted octanol–water partition coefficient (Wildman–Crippen LogP) is 5.07. The maximum atomic E-state index is 13.6. The van der Waals surface area contributed by atoms with Crippen LogP contribution in [0.3, 0.4) is 0 Å². The van der Waals surface area contributed by atoms with Gasteiger partial charge in [0.05, 0.1) is 6.04 Å². The number of nitrogens with zero attached hydrogens (tertiary/aromatic N) is 2. The van der Waals surface area contributed by atoms with E-state index < -0.39 is 0 Å². The number of ether oxygens (including phenoxy) is 1. The third-order valence-corrected chi connectivity index (χ3v) is 6.95. The molecule has 5 nitrogen and oxygen atoms in total. The van der Waals surface area contributed by atoms with Crippen LogP contribution in [0.2, 0.25) is 0 Å². The fourth-order valence-corrected chi connectivity index (χ4v) is 4.95. The molecule has 0 N–H and O–H groups in total. The molecule has 0 unspecified atom stereocenters. The number of amides is 2. The van der Waals surface area contributed by atoms with Crippen molar-refractivity contribution in [1.82, 2.24) is 9.80 Å². The Morgan fingerprint density at radius 2 is 2.06 bits per heavy atom. The first-order chi connectivity index (χ1) is 15.3. The Morgan fingerprint density at radius 3 is 2.75 bits per heavy atom. The van der Waals surface area contributed by atoms with E-state index in [9.17, 15) is 14.0 Å². The number of thiophene rings is 1. The maximum absolute atomic E-state index is 13.6. The number of benzene rings is 1.